The van der Waals surface area contributed by atoms with Crippen molar-refractivity contribution in [2.45, 2.75) is 6.42 Å². The van der Waals surface area contributed by atoms with E-state index in [1.165, 1.54) is 0 Å². The lowest BCUT2D eigenvalue weighted by atomic mass is 10.0. The Hall–Kier alpha value is -1.71. The van der Waals surface area contributed by atoms with Gasteiger partial charge in [0, 0.05) is 18.1 Å². The number of fused-ring (bicyclic) bond motifs is 1. The topological polar surface area (TPSA) is 56.8 Å². The Morgan fingerprint density at radius 3 is 3.07 bits per heavy atom. The minimum absolute atomic E-state index is 0.621. The summed E-state index contributed by atoms with van der Waals surface area (Å²) in [5.74, 6) is 6.86. The van der Waals surface area contributed by atoms with E-state index in [1.54, 1.807) is 7.11 Å². The van der Waals surface area contributed by atoms with Gasteiger partial charge in [-0.3, -0.25) is 0 Å². The Morgan fingerprint density at radius 2 is 2.36 bits per heavy atom. The largest absolute Gasteiger partial charge is 0.497 e. The minimum atomic E-state index is 0.621. The van der Waals surface area contributed by atoms with Crippen molar-refractivity contribution in [3.05, 3.63) is 23.8 Å². The molecular weight excluding hydrogens is 180 g/mol. The molecule has 0 fully saturated rings. The van der Waals surface area contributed by atoms with Crippen LogP contribution in [0.3, 0.4) is 0 Å². The van der Waals surface area contributed by atoms with Crippen molar-refractivity contribution < 1.29 is 9.47 Å². The number of hydrazone groups is 1. The Kier molecular flexibility index (Phi) is 2.26. The summed E-state index contributed by atoms with van der Waals surface area (Å²) in [7, 11) is 1.63. The molecule has 0 amide bonds. The van der Waals surface area contributed by atoms with E-state index in [1.807, 2.05) is 18.2 Å². The van der Waals surface area contributed by atoms with Gasteiger partial charge in [-0.1, -0.05) is 0 Å². The van der Waals surface area contributed by atoms with Crippen LogP contribution < -0.4 is 15.3 Å². The molecule has 4 nitrogen and oxygen atoms in total. The van der Waals surface area contributed by atoms with E-state index in [2.05, 4.69) is 5.10 Å². The highest BCUT2D eigenvalue weighted by atomic mass is 16.5. The number of ether oxygens (including phenoxy) is 2. The molecule has 0 aromatic heterocycles. The lowest BCUT2D eigenvalue weighted by molar-refractivity contribution is 0.317. The van der Waals surface area contributed by atoms with Crippen LogP contribution in [-0.2, 0) is 0 Å². The molecule has 0 aliphatic carbocycles. The summed E-state index contributed by atoms with van der Waals surface area (Å²) in [5.41, 5.74) is 1.84. The van der Waals surface area contributed by atoms with Gasteiger partial charge in [-0.25, -0.2) is 0 Å². The summed E-state index contributed by atoms with van der Waals surface area (Å²) < 4.78 is 10.6. The van der Waals surface area contributed by atoms with Crippen molar-refractivity contribution in [2.24, 2.45) is 10.9 Å². The van der Waals surface area contributed by atoms with E-state index in [9.17, 15) is 0 Å². The highest BCUT2D eigenvalue weighted by Gasteiger charge is 2.16. The smallest absolute Gasteiger partial charge is 0.132 e. The zero-order valence-corrected chi connectivity index (χ0v) is 7.99. The third-order valence-corrected chi connectivity index (χ3v) is 2.25. The molecule has 0 bridgehead atoms. The maximum atomic E-state index is 5.48. The molecule has 1 aromatic rings. The van der Waals surface area contributed by atoms with Gasteiger partial charge in [0.25, 0.3) is 0 Å². The van der Waals surface area contributed by atoms with E-state index in [4.69, 9.17) is 15.3 Å². The molecular formula is C10H12N2O2. The van der Waals surface area contributed by atoms with Crippen LogP contribution in [0.5, 0.6) is 11.5 Å². The highest BCUT2D eigenvalue weighted by molar-refractivity contribution is 6.03. The lowest BCUT2D eigenvalue weighted by Gasteiger charge is -2.18. The molecule has 0 saturated carbocycles. The van der Waals surface area contributed by atoms with Crippen molar-refractivity contribution in [3.63, 3.8) is 0 Å². The van der Waals surface area contributed by atoms with Gasteiger partial charge in [0.2, 0.25) is 0 Å². The molecule has 4 heteroatoms. The fraction of sp³-hybridized carbons (Fsp3) is 0.300. The quantitative estimate of drug-likeness (QED) is 0.536. The molecule has 0 unspecified atom stereocenters. The molecule has 1 aliphatic heterocycles. The van der Waals surface area contributed by atoms with Crippen LogP contribution in [0.1, 0.15) is 12.0 Å². The van der Waals surface area contributed by atoms with Crippen LogP contribution in [0.2, 0.25) is 0 Å². The van der Waals surface area contributed by atoms with Gasteiger partial charge < -0.3 is 15.3 Å². The maximum absolute atomic E-state index is 5.48. The second kappa shape index (κ2) is 3.57. The summed E-state index contributed by atoms with van der Waals surface area (Å²) in [4.78, 5) is 0. The second-order valence-electron chi connectivity index (χ2n) is 3.04. The van der Waals surface area contributed by atoms with Crippen molar-refractivity contribution in [2.75, 3.05) is 13.7 Å². The number of methoxy groups -OCH3 is 1. The van der Waals surface area contributed by atoms with Crippen LogP contribution in [0.4, 0.5) is 0 Å². The van der Waals surface area contributed by atoms with Crippen LogP contribution in [0, 0.1) is 0 Å². The first-order valence-corrected chi connectivity index (χ1v) is 4.43. The van der Waals surface area contributed by atoms with Gasteiger partial charge in [-0.05, 0) is 12.1 Å². The SMILES string of the molecule is COc1ccc2c(c1)OCC/C2=N\N. The standard InChI is InChI=1S/C10H12N2O2/c1-13-7-2-3-8-9(12-11)4-5-14-10(8)6-7/h2-3,6H,4-5,11H2,1H3/b12-9+. The molecule has 0 saturated heterocycles. The molecule has 0 atom stereocenters. The monoisotopic (exact) mass is 192 g/mol. The summed E-state index contributed by atoms with van der Waals surface area (Å²) in [6.07, 6.45) is 0.760. The van der Waals surface area contributed by atoms with Gasteiger partial charge in [-0.2, -0.15) is 5.10 Å². The van der Waals surface area contributed by atoms with Crippen LogP contribution in [0.15, 0.2) is 23.3 Å². The predicted octanol–water partition coefficient (Wildman–Crippen LogP) is 1.14. The number of rotatable bonds is 1. The molecule has 2 rings (SSSR count). The number of hydrogen-bond donors (Lipinski definition) is 1. The average Bonchev–Trinajstić information content (AvgIpc) is 2.27. The average molecular weight is 192 g/mol. The van der Waals surface area contributed by atoms with Crippen LogP contribution >= 0.6 is 0 Å². The van der Waals surface area contributed by atoms with Gasteiger partial charge in [0.15, 0.2) is 0 Å². The maximum Gasteiger partial charge on any atom is 0.132 e. The number of nitrogens with two attached hydrogens (primary N) is 1. The van der Waals surface area contributed by atoms with E-state index in [-0.39, 0.29) is 0 Å². The van der Waals surface area contributed by atoms with E-state index >= 15 is 0 Å². The Bertz CT molecular complexity index is 374. The lowest BCUT2D eigenvalue weighted by Crippen LogP contribution is -2.17. The molecule has 0 radical (unpaired) electrons. The van der Waals surface area contributed by atoms with Crippen LogP contribution in [-0.4, -0.2) is 19.4 Å². The first-order chi connectivity index (χ1) is 6.85. The minimum Gasteiger partial charge on any atom is -0.497 e. The first kappa shape index (κ1) is 8.87. The van der Waals surface area contributed by atoms with E-state index in [0.29, 0.717) is 6.61 Å². The molecule has 1 heterocycles. The third-order valence-electron chi connectivity index (χ3n) is 2.25. The number of nitrogens with zero attached hydrogens (tertiary/aromatic N) is 1. The summed E-state index contributed by atoms with van der Waals surface area (Å²) in [5, 5.41) is 3.74. The van der Waals surface area contributed by atoms with Crippen molar-refractivity contribution in [3.8, 4) is 11.5 Å². The van der Waals surface area contributed by atoms with Gasteiger partial charge in [0.1, 0.15) is 11.5 Å². The fourth-order valence-corrected chi connectivity index (χ4v) is 1.51. The molecule has 14 heavy (non-hydrogen) atoms. The highest BCUT2D eigenvalue weighted by Crippen LogP contribution is 2.28. The van der Waals surface area contributed by atoms with Gasteiger partial charge >= 0.3 is 0 Å². The Labute approximate surface area is 82.3 Å². The van der Waals surface area contributed by atoms with Crippen molar-refractivity contribution >= 4 is 5.71 Å². The predicted molar refractivity (Wildman–Crippen MR) is 53.8 cm³/mol. The summed E-state index contributed by atoms with van der Waals surface area (Å²) in [6, 6.07) is 5.64. The van der Waals surface area contributed by atoms with Crippen molar-refractivity contribution in [1.82, 2.24) is 0 Å². The zero-order chi connectivity index (χ0) is 9.97. The molecule has 74 valence electrons. The molecule has 1 aromatic carbocycles. The molecule has 1 aliphatic rings. The zero-order valence-electron chi connectivity index (χ0n) is 7.99. The van der Waals surface area contributed by atoms with E-state index < -0.39 is 0 Å². The van der Waals surface area contributed by atoms with Gasteiger partial charge in [0.05, 0.1) is 19.4 Å². The summed E-state index contributed by atoms with van der Waals surface area (Å²) >= 11 is 0. The summed E-state index contributed by atoms with van der Waals surface area (Å²) in [6.45, 7) is 0.621. The Balaban J connectivity index is 2.46. The van der Waals surface area contributed by atoms with Crippen molar-refractivity contribution in [1.29, 1.82) is 0 Å². The first-order valence-electron chi connectivity index (χ1n) is 4.43. The third kappa shape index (κ3) is 1.39. The van der Waals surface area contributed by atoms with E-state index in [0.717, 1.165) is 29.2 Å². The molecule has 0 spiro atoms. The second-order valence-corrected chi connectivity index (χ2v) is 3.04. The fourth-order valence-electron chi connectivity index (χ4n) is 1.51. The van der Waals surface area contributed by atoms with Crippen LogP contribution in [0.25, 0.3) is 0 Å². The number of hydrogen-bond acceptors (Lipinski definition) is 4. The number of benzene rings is 1. The Morgan fingerprint density at radius 1 is 1.50 bits per heavy atom. The molecule has 2 N–H and O–H groups in total. The normalized spacial score (nSPS) is 17.4. The van der Waals surface area contributed by atoms with Gasteiger partial charge in [-0.15, -0.1) is 0 Å².